The molecule has 1 aromatic carbocycles. The van der Waals surface area contributed by atoms with Crippen molar-refractivity contribution in [1.82, 2.24) is 9.21 Å². The Morgan fingerprint density at radius 2 is 1.93 bits per heavy atom. The molecule has 0 spiro atoms. The lowest BCUT2D eigenvalue weighted by molar-refractivity contribution is -0.136. The van der Waals surface area contributed by atoms with E-state index in [1.54, 1.807) is 6.92 Å². The van der Waals surface area contributed by atoms with Crippen LogP contribution in [0.5, 0.6) is 0 Å². The van der Waals surface area contributed by atoms with Gasteiger partial charge in [-0.15, -0.1) is 0 Å². The van der Waals surface area contributed by atoms with Crippen LogP contribution in [0.2, 0.25) is 0 Å². The van der Waals surface area contributed by atoms with E-state index >= 15 is 0 Å². The Labute approximate surface area is 165 Å². The molecule has 1 amide bonds. The average Bonchev–Trinajstić information content (AvgIpc) is 2.99. The maximum atomic E-state index is 12.4. The van der Waals surface area contributed by atoms with Gasteiger partial charge in [-0.05, 0) is 31.5 Å². The molecule has 0 bridgehead atoms. The van der Waals surface area contributed by atoms with Gasteiger partial charge in [0.15, 0.2) is 16.4 Å². The highest BCUT2D eigenvalue weighted by Gasteiger charge is 2.34. The Morgan fingerprint density at radius 3 is 2.46 bits per heavy atom. The number of benzene rings is 1. The van der Waals surface area contributed by atoms with Gasteiger partial charge < -0.3 is 9.64 Å². The van der Waals surface area contributed by atoms with Gasteiger partial charge >= 0.3 is 5.97 Å². The first-order chi connectivity index (χ1) is 13.0. The fourth-order valence-electron chi connectivity index (χ4n) is 2.95. The highest BCUT2D eigenvalue weighted by Crippen LogP contribution is 2.18. The molecule has 1 aliphatic heterocycles. The minimum Gasteiger partial charge on any atom is -0.452 e. The molecule has 2 rings (SSSR count). The van der Waals surface area contributed by atoms with Crippen LogP contribution in [0, 0.1) is 0 Å². The number of sulfone groups is 1. The summed E-state index contributed by atoms with van der Waals surface area (Å²) in [6, 6.07) is 4.92. The van der Waals surface area contributed by atoms with Crippen molar-refractivity contribution in [3.63, 3.8) is 0 Å². The molecule has 11 heteroatoms. The van der Waals surface area contributed by atoms with Crippen molar-refractivity contribution >= 4 is 31.7 Å². The van der Waals surface area contributed by atoms with Crippen LogP contribution in [0.3, 0.4) is 0 Å². The van der Waals surface area contributed by atoms with Crippen LogP contribution in [0.1, 0.15) is 23.7 Å². The average molecular weight is 433 g/mol. The summed E-state index contributed by atoms with van der Waals surface area (Å²) in [4.78, 5) is 25.9. The van der Waals surface area contributed by atoms with Crippen molar-refractivity contribution in [2.75, 3.05) is 38.8 Å². The number of hydrogen-bond acceptors (Lipinski definition) is 7. The summed E-state index contributed by atoms with van der Waals surface area (Å²) in [5, 5.41) is 0. The van der Waals surface area contributed by atoms with Crippen LogP contribution >= 0.6 is 0 Å². The van der Waals surface area contributed by atoms with E-state index < -0.39 is 44.4 Å². The minimum atomic E-state index is -3.71. The van der Waals surface area contributed by atoms with Crippen LogP contribution in [0.15, 0.2) is 29.2 Å². The van der Waals surface area contributed by atoms with Gasteiger partial charge in [0.1, 0.15) is 0 Å². The van der Waals surface area contributed by atoms with Crippen molar-refractivity contribution in [2.45, 2.75) is 24.3 Å². The van der Waals surface area contributed by atoms with Crippen molar-refractivity contribution in [3.8, 4) is 0 Å². The Bertz CT molecular complexity index is 955. The highest BCUT2D eigenvalue weighted by atomic mass is 32.2. The number of sulfonamides is 1. The third kappa shape index (κ3) is 5.09. The number of rotatable bonds is 7. The molecular formula is C17H24N2O7S2. The number of carbonyl (C=O) groups is 2. The summed E-state index contributed by atoms with van der Waals surface area (Å²) < 4.78 is 53.6. The number of carbonyl (C=O) groups excluding carboxylic acids is 2. The molecule has 1 aliphatic rings. The van der Waals surface area contributed by atoms with Crippen molar-refractivity contribution < 1.29 is 31.2 Å². The topological polar surface area (TPSA) is 118 Å². The number of nitrogens with zero attached hydrogens (tertiary/aromatic N) is 2. The maximum absolute atomic E-state index is 12.4. The number of hydrogen-bond donors (Lipinski definition) is 0. The fraction of sp³-hybridized carbons (Fsp3) is 0.529. The summed E-state index contributed by atoms with van der Waals surface area (Å²) >= 11 is 0. The first-order valence-electron chi connectivity index (χ1n) is 8.67. The van der Waals surface area contributed by atoms with E-state index in [-0.39, 0.29) is 22.0 Å². The third-order valence-corrected chi connectivity index (χ3v) is 8.05. The molecule has 0 N–H and O–H groups in total. The van der Waals surface area contributed by atoms with Crippen molar-refractivity contribution in [1.29, 1.82) is 0 Å². The van der Waals surface area contributed by atoms with Crippen LogP contribution in [-0.2, 0) is 29.4 Å². The predicted molar refractivity (Wildman–Crippen MR) is 102 cm³/mol. The number of likely N-dealkylation sites (N-methyl/N-ethyl adjacent to an activating group) is 1. The number of ether oxygens (including phenoxy) is 1. The molecule has 0 saturated carbocycles. The SMILES string of the molecule is CCN(C(=O)COC(=O)c1cccc(S(=O)(=O)N(C)C)c1)[C@@H]1CCS(=O)(=O)C1. The van der Waals surface area contributed by atoms with Crippen molar-refractivity contribution in [2.24, 2.45) is 0 Å². The van der Waals surface area contributed by atoms with E-state index in [9.17, 15) is 26.4 Å². The van der Waals surface area contributed by atoms with E-state index in [4.69, 9.17) is 4.74 Å². The van der Waals surface area contributed by atoms with Gasteiger partial charge in [0, 0.05) is 26.7 Å². The Kier molecular flexibility index (Phi) is 6.84. The zero-order valence-electron chi connectivity index (χ0n) is 16.0. The molecule has 1 atom stereocenters. The fourth-order valence-corrected chi connectivity index (χ4v) is 5.63. The Morgan fingerprint density at radius 1 is 1.25 bits per heavy atom. The molecule has 0 aromatic heterocycles. The zero-order valence-corrected chi connectivity index (χ0v) is 17.6. The standard InChI is InChI=1S/C17H24N2O7S2/c1-4-19(14-8-9-27(22,23)12-14)16(20)11-26-17(21)13-6-5-7-15(10-13)28(24,25)18(2)3/h5-7,10,14H,4,8-9,11-12H2,1-3H3/t14-/m1/s1. The summed E-state index contributed by atoms with van der Waals surface area (Å²) in [7, 11) is -4.10. The first kappa shape index (κ1) is 22.3. The zero-order chi connectivity index (χ0) is 21.1. The van der Waals surface area contributed by atoms with Gasteiger partial charge in [-0.2, -0.15) is 0 Å². The maximum Gasteiger partial charge on any atom is 0.338 e. The van der Waals surface area contributed by atoms with Gasteiger partial charge in [0.25, 0.3) is 5.91 Å². The van der Waals surface area contributed by atoms with Gasteiger partial charge in [0.05, 0.1) is 22.0 Å². The van der Waals surface area contributed by atoms with Crippen LogP contribution in [0.25, 0.3) is 0 Å². The summed E-state index contributed by atoms with van der Waals surface area (Å²) in [6.45, 7) is 1.47. The predicted octanol–water partition coefficient (Wildman–Crippen LogP) is 0.129. The van der Waals surface area contributed by atoms with E-state index in [1.165, 1.54) is 43.3 Å². The lowest BCUT2D eigenvalue weighted by Gasteiger charge is -2.26. The molecule has 1 fully saturated rings. The van der Waals surface area contributed by atoms with Gasteiger partial charge in [-0.1, -0.05) is 6.07 Å². The highest BCUT2D eigenvalue weighted by molar-refractivity contribution is 7.91. The van der Waals surface area contributed by atoms with E-state index in [2.05, 4.69) is 0 Å². The summed E-state index contributed by atoms with van der Waals surface area (Å²) in [5.74, 6) is -1.38. The molecule has 0 unspecified atom stereocenters. The van der Waals surface area contributed by atoms with Gasteiger partial charge in [-0.3, -0.25) is 4.79 Å². The van der Waals surface area contributed by atoms with E-state index in [0.717, 1.165) is 4.31 Å². The van der Waals surface area contributed by atoms with Gasteiger partial charge in [0.2, 0.25) is 10.0 Å². The summed E-state index contributed by atoms with van der Waals surface area (Å²) in [5.41, 5.74) is 0.00205. The van der Waals surface area contributed by atoms with Crippen LogP contribution in [-0.4, -0.2) is 82.7 Å². The lowest BCUT2D eigenvalue weighted by atomic mass is 10.2. The molecule has 0 radical (unpaired) electrons. The van der Waals surface area contributed by atoms with Crippen LogP contribution in [0.4, 0.5) is 0 Å². The normalized spacial score (nSPS) is 18.8. The molecule has 1 saturated heterocycles. The molecule has 0 aliphatic carbocycles. The molecule has 1 aromatic rings. The molecule has 156 valence electrons. The lowest BCUT2D eigenvalue weighted by Crippen LogP contribution is -2.43. The monoisotopic (exact) mass is 432 g/mol. The third-order valence-electron chi connectivity index (χ3n) is 4.49. The van der Waals surface area contributed by atoms with E-state index in [0.29, 0.717) is 13.0 Å². The minimum absolute atomic E-state index is 0.00205. The Hall–Kier alpha value is -1.98. The molecule has 9 nitrogen and oxygen atoms in total. The quantitative estimate of drug-likeness (QED) is 0.562. The molecular weight excluding hydrogens is 408 g/mol. The second-order valence-corrected chi connectivity index (χ2v) is 11.0. The molecule has 1 heterocycles. The van der Waals surface area contributed by atoms with E-state index in [1.807, 2.05) is 0 Å². The smallest absolute Gasteiger partial charge is 0.338 e. The largest absolute Gasteiger partial charge is 0.452 e. The number of esters is 1. The molecule has 28 heavy (non-hydrogen) atoms. The second kappa shape index (κ2) is 8.58. The number of amides is 1. The van der Waals surface area contributed by atoms with Crippen LogP contribution < -0.4 is 0 Å². The Balaban J connectivity index is 2.04. The second-order valence-electron chi connectivity index (χ2n) is 6.63. The van der Waals surface area contributed by atoms with Gasteiger partial charge in [-0.25, -0.2) is 25.9 Å². The first-order valence-corrected chi connectivity index (χ1v) is 11.9. The van der Waals surface area contributed by atoms with Crippen molar-refractivity contribution in [3.05, 3.63) is 29.8 Å². The summed E-state index contributed by atoms with van der Waals surface area (Å²) in [6.07, 6.45) is 0.361.